The second kappa shape index (κ2) is 9.71. The van der Waals surface area contributed by atoms with Crippen molar-refractivity contribution >= 4 is 29.3 Å². The molecule has 0 aliphatic carbocycles. The number of nitrogens with one attached hydrogen (secondary N) is 1. The van der Waals surface area contributed by atoms with Gasteiger partial charge in [0.05, 0.1) is 26.5 Å². The Balaban J connectivity index is 1.77. The number of hydrogen-bond donors (Lipinski definition) is 1. The summed E-state index contributed by atoms with van der Waals surface area (Å²) in [5.41, 5.74) is 5.24. The second-order valence-corrected chi connectivity index (χ2v) is 7.59. The maximum absolute atomic E-state index is 12.5. The molecule has 0 aliphatic rings. The summed E-state index contributed by atoms with van der Waals surface area (Å²) >= 11 is 6.28. The van der Waals surface area contributed by atoms with E-state index >= 15 is 0 Å². The van der Waals surface area contributed by atoms with Crippen molar-refractivity contribution in [3.05, 3.63) is 75.6 Å². The lowest BCUT2D eigenvalue weighted by molar-refractivity contribution is -0.111. The summed E-state index contributed by atoms with van der Waals surface area (Å²) in [5, 5.41) is 8.21. The van der Waals surface area contributed by atoms with Crippen molar-refractivity contribution in [2.45, 2.75) is 27.3 Å². The molecule has 1 amide bonds. The number of ether oxygens (including phenoxy) is 2. The Kier molecular flexibility index (Phi) is 7.02. The molecule has 162 valence electrons. The Morgan fingerprint density at radius 1 is 1.13 bits per heavy atom. The number of carbonyl (C=O) groups excluding carboxylic acids is 1. The number of methoxy groups -OCH3 is 2. The number of rotatable bonds is 7. The summed E-state index contributed by atoms with van der Waals surface area (Å²) in [6.07, 6.45) is 3.29. The first kappa shape index (κ1) is 22.4. The molecule has 0 atom stereocenters. The van der Waals surface area contributed by atoms with E-state index in [1.165, 1.54) is 6.08 Å². The third-order valence-corrected chi connectivity index (χ3v) is 5.47. The van der Waals surface area contributed by atoms with E-state index in [9.17, 15) is 4.79 Å². The highest BCUT2D eigenvalue weighted by molar-refractivity contribution is 6.31. The molecular weight excluding hydrogens is 414 g/mol. The monoisotopic (exact) mass is 439 g/mol. The van der Waals surface area contributed by atoms with Crippen molar-refractivity contribution in [3.63, 3.8) is 0 Å². The van der Waals surface area contributed by atoms with Crippen LogP contribution in [0.2, 0.25) is 5.02 Å². The zero-order valence-corrected chi connectivity index (χ0v) is 19.1. The predicted molar refractivity (Wildman–Crippen MR) is 124 cm³/mol. The number of anilines is 1. The van der Waals surface area contributed by atoms with Crippen LogP contribution in [0.3, 0.4) is 0 Å². The topological polar surface area (TPSA) is 65.4 Å². The Hall–Kier alpha value is -3.25. The molecule has 0 spiro atoms. The summed E-state index contributed by atoms with van der Waals surface area (Å²) in [6, 6.07) is 11.3. The standard InChI is InChI=1S/C24H26ClN3O3/c1-15-12-22(30-4)23(31-5)13-21(15)26-24(29)11-10-19-16(2)27-28(17(19)3)14-18-8-6-7-9-20(18)25/h6-13H,14H2,1-5H3,(H,26,29)/b11-10+. The molecule has 1 N–H and O–H groups in total. The van der Waals surface area contributed by atoms with Gasteiger partial charge in [-0.1, -0.05) is 29.8 Å². The van der Waals surface area contributed by atoms with E-state index in [1.54, 1.807) is 26.4 Å². The summed E-state index contributed by atoms with van der Waals surface area (Å²) < 4.78 is 12.5. The van der Waals surface area contributed by atoms with Gasteiger partial charge in [-0.3, -0.25) is 9.48 Å². The van der Waals surface area contributed by atoms with E-state index in [4.69, 9.17) is 21.1 Å². The minimum atomic E-state index is -0.243. The lowest BCUT2D eigenvalue weighted by Gasteiger charge is -2.12. The normalized spacial score (nSPS) is 11.0. The number of amides is 1. The smallest absolute Gasteiger partial charge is 0.248 e. The van der Waals surface area contributed by atoms with Crippen molar-refractivity contribution < 1.29 is 14.3 Å². The number of hydrogen-bond acceptors (Lipinski definition) is 4. The van der Waals surface area contributed by atoms with Gasteiger partial charge < -0.3 is 14.8 Å². The first-order chi connectivity index (χ1) is 14.8. The molecule has 0 saturated carbocycles. The highest BCUT2D eigenvalue weighted by Crippen LogP contribution is 2.33. The van der Waals surface area contributed by atoms with Crippen LogP contribution < -0.4 is 14.8 Å². The number of aryl methyl sites for hydroxylation is 2. The van der Waals surface area contributed by atoms with E-state index in [0.29, 0.717) is 28.8 Å². The van der Waals surface area contributed by atoms with Crippen LogP contribution in [0.4, 0.5) is 5.69 Å². The molecule has 0 fully saturated rings. The van der Waals surface area contributed by atoms with Gasteiger partial charge in [-0.05, 0) is 50.1 Å². The Morgan fingerprint density at radius 2 is 1.81 bits per heavy atom. The summed E-state index contributed by atoms with van der Waals surface area (Å²) in [4.78, 5) is 12.5. The molecule has 0 unspecified atom stereocenters. The van der Waals surface area contributed by atoms with Gasteiger partial charge in [-0.2, -0.15) is 5.10 Å². The molecule has 0 saturated heterocycles. The molecule has 1 heterocycles. The van der Waals surface area contributed by atoms with Crippen LogP contribution in [0.5, 0.6) is 11.5 Å². The first-order valence-corrected chi connectivity index (χ1v) is 10.2. The molecule has 2 aromatic carbocycles. The quantitative estimate of drug-likeness (QED) is 0.515. The lowest BCUT2D eigenvalue weighted by Crippen LogP contribution is -2.09. The summed E-state index contributed by atoms with van der Waals surface area (Å²) in [5.74, 6) is 0.929. The second-order valence-electron chi connectivity index (χ2n) is 7.18. The molecule has 1 aromatic heterocycles. The fourth-order valence-electron chi connectivity index (χ4n) is 3.34. The van der Waals surface area contributed by atoms with Crippen LogP contribution in [0.25, 0.3) is 6.08 Å². The van der Waals surface area contributed by atoms with Gasteiger partial charge in [0.1, 0.15) is 0 Å². The van der Waals surface area contributed by atoms with Gasteiger partial charge in [-0.25, -0.2) is 0 Å². The molecule has 6 nitrogen and oxygen atoms in total. The van der Waals surface area contributed by atoms with E-state index in [0.717, 1.165) is 28.1 Å². The highest BCUT2D eigenvalue weighted by Gasteiger charge is 2.13. The molecule has 0 bridgehead atoms. The van der Waals surface area contributed by atoms with Crippen molar-refractivity contribution in [1.29, 1.82) is 0 Å². The molecule has 31 heavy (non-hydrogen) atoms. The van der Waals surface area contributed by atoms with Crippen molar-refractivity contribution in [1.82, 2.24) is 9.78 Å². The van der Waals surface area contributed by atoms with Crippen molar-refractivity contribution in [3.8, 4) is 11.5 Å². The Morgan fingerprint density at radius 3 is 2.48 bits per heavy atom. The van der Waals surface area contributed by atoms with E-state index in [2.05, 4.69) is 10.4 Å². The predicted octanol–water partition coefficient (Wildman–Crippen LogP) is 5.18. The van der Waals surface area contributed by atoms with Gasteiger partial charge in [0.2, 0.25) is 5.91 Å². The van der Waals surface area contributed by atoms with Gasteiger partial charge in [-0.15, -0.1) is 0 Å². The maximum atomic E-state index is 12.5. The van der Waals surface area contributed by atoms with Crippen molar-refractivity contribution in [2.75, 3.05) is 19.5 Å². The number of aromatic nitrogens is 2. The SMILES string of the molecule is COc1cc(C)c(NC(=O)/C=C/c2c(C)nn(Cc3ccccc3Cl)c2C)cc1OC. The third kappa shape index (κ3) is 5.09. The van der Waals surface area contributed by atoms with Crippen LogP contribution in [-0.4, -0.2) is 29.9 Å². The van der Waals surface area contributed by atoms with Gasteiger partial charge in [0.25, 0.3) is 0 Å². The number of nitrogens with zero attached hydrogens (tertiary/aromatic N) is 2. The van der Waals surface area contributed by atoms with Crippen molar-refractivity contribution in [2.24, 2.45) is 0 Å². The van der Waals surface area contributed by atoms with Gasteiger partial charge in [0.15, 0.2) is 11.5 Å². The molecular formula is C24H26ClN3O3. The van der Waals surface area contributed by atoms with Crippen LogP contribution in [0.15, 0.2) is 42.5 Å². The van der Waals surface area contributed by atoms with Crippen LogP contribution in [0, 0.1) is 20.8 Å². The molecule has 3 aromatic rings. The average molecular weight is 440 g/mol. The van der Waals surface area contributed by atoms with Gasteiger partial charge >= 0.3 is 0 Å². The lowest BCUT2D eigenvalue weighted by atomic mass is 10.1. The van der Waals surface area contributed by atoms with Crippen LogP contribution in [-0.2, 0) is 11.3 Å². The highest BCUT2D eigenvalue weighted by atomic mass is 35.5. The van der Waals surface area contributed by atoms with E-state index < -0.39 is 0 Å². The fourth-order valence-corrected chi connectivity index (χ4v) is 3.54. The Bertz CT molecular complexity index is 1140. The molecule has 3 rings (SSSR count). The van der Waals surface area contributed by atoms with E-state index in [1.807, 2.05) is 55.8 Å². The molecule has 7 heteroatoms. The first-order valence-electron chi connectivity index (χ1n) is 9.83. The largest absolute Gasteiger partial charge is 0.493 e. The van der Waals surface area contributed by atoms with Gasteiger partial charge in [0, 0.05) is 34.1 Å². The molecule has 0 aliphatic heterocycles. The van der Waals surface area contributed by atoms with Crippen LogP contribution >= 0.6 is 11.6 Å². The molecule has 0 radical (unpaired) electrons. The third-order valence-electron chi connectivity index (χ3n) is 5.11. The summed E-state index contributed by atoms with van der Waals surface area (Å²) in [7, 11) is 3.14. The van der Waals surface area contributed by atoms with Crippen LogP contribution in [0.1, 0.15) is 28.1 Å². The summed E-state index contributed by atoms with van der Waals surface area (Å²) in [6.45, 7) is 6.37. The number of benzene rings is 2. The average Bonchev–Trinajstić information content (AvgIpc) is 3.01. The number of halogens is 1. The Labute approximate surface area is 187 Å². The minimum absolute atomic E-state index is 0.243. The fraction of sp³-hybridized carbons (Fsp3) is 0.250. The van der Waals surface area contributed by atoms with E-state index in [-0.39, 0.29) is 5.91 Å². The zero-order chi connectivity index (χ0) is 22.5. The maximum Gasteiger partial charge on any atom is 0.248 e. The minimum Gasteiger partial charge on any atom is -0.493 e. The zero-order valence-electron chi connectivity index (χ0n) is 18.3. The number of carbonyl (C=O) groups is 1.